The van der Waals surface area contributed by atoms with E-state index in [1.807, 2.05) is 0 Å². The van der Waals surface area contributed by atoms with E-state index in [1.165, 1.54) is 6.20 Å². The monoisotopic (exact) mass is 232 g/mol. The zero-order valence-corrected chi connectivity index (χ0v) is 10.4. The van der Waals surface area contributed by atoms with Crippen LogP contribution in [0.2, 0.25) is 0 Å². The van der Waals surface area contributed by atoms with E-state index in [0.717, 1.165) is 12.1 Å². The summed E-state index contributed by atoms with van der Waals surface area (Å²) in [5.74, 6) is -0.0179. The van der Waals surface area contributed by atoms with Crippen LogP contribution in [0.25, 0.3) is 0 Å². The molecular formula is C13H16N2O2. The zero-order chi connectivity index (χ0) is 12.8. The van der Waals surface area contributed by atoms with Gasteiger partial charge in [0.1, 0.15) is 6.07 Å². The van der Waals surface area contributed by atoms with Crippen molar-refractivity contribution in [3.63, 3.8) is 0 Å². The van der Waals surface area contributed by atoms with Crippen molar-refractivity contribution < 1.29 is 9.53 Å². The van der Waals surface area contributed by atoms with Crippen LogP contribution in [-0.4, -0.2) is 17.6 Å². The minimum Gasteiger partial charge on any atom is -0.462 e. The molecule has 1 aromatic heterocycles. The van der Waals surface area contributed by atoms with Gasteiger partial charge in [-0.25, -0.2) is 4.79 Å². The van der Waals surface area contributed by atoms with Crippen molar-refractivity contribution in [2.24, 2.45) is 5.92 Å². The van der Waals surface area contributed by atoms with Crippen LogP contribution < -0.4 is 0 Å². The Morgan fingerprint density at radius 3 is 2.82 bits per heavy atom. The Labute approximate surface area is 101 Å². The van der Waals surface area contributed by atoms with Gasteiger partial charge in [-0.2, -0.15) is 5.26 Å². The molecule has 1 heterocycles. The summed E-state index contributed by atoms with van der Waals surface area (Å²) >= 11 is 0. The topological polar surface area (TPSA) is 63.0 Å². The zero-order valence-electron chi connectivity index (χ0n) is 10.4. The molecule has 1 rings (SSSR count). The van der Waals surface area contributed by atoms with Gasteiger partial charge >= 0.3 is 5.97 Å². The largest absolute Gasteiger partial charge is 0.462 e. The minimum atomic E-state index is -0.437. The van der Waals surface area contributed by atoms with Gasteiger partial charge in [-0.05, 0) is 25.3 Å². The Kier molecular flexibility index (Phi) is 4.65. The number of esters is 1. The second-order valence-electron chi connectivity index (χ2n) is 4.15. The molecule has 0 bridgehead atoms. The first-order valence-corrected chi connectivity index (χ1v) is 5.64. The highest BCUT2D eigenvalue weighted by Gasteiger charge is 2.12. The standard InChI is InChI=1S/C13H16N2O2/c1-4-17-13(16)11-6-10(7-14)12(15-8-11)5-9(2)3/h6,8-9H,4-5H2,1-3H3. The fourth-order valence-electron chi connectivity index (χ4n) is 1.47. The molecule has 0 spiro atoms. The molecule has 0 unspecified atom stereocenters. The van der Waals surface area contributed by atoms with E-state index in [1.54, 1.807) is 13.0 Å². The summed E-state index contributed by atoms with van der Waals surface area (Å²) < 4.78 is 4.86. The first-order valence-electron chi connectivity index (χ1n) is 5.64. The predicted octanol–water partition coefficient (Wildman–Crippen LogP) is 2.33. The van der Waals surface area contributed by atoms with Crippen LogP contribution in [0.15, 0.2) is 12.3 Å². The Morgan fingerprint density at radius 1 is 1.59 bits per heavy atom. The number of pyridine rings is 1. The third-order valence-electron chi connectivity index (χ3n) is 2.20. The number of hydrogen-bond donors (Lipinski definition) is 0. The van der Waals surface area contributed by atoms with Gasteiger partial charge in [-0.1, -0.05) is 13.8 Å². The van der Waals surface area contributed by atoms with Crippen LogP contribution in [0.5, 0.6) is 0 Å². The first-order chi connectivity index (χ1) is 8.08. The fourth-order valence-corrected chi connectivity index (χ4v) is 1.47. The molecule has 0 fully saturated rings. The normalized spacial score (nSPS) is 10.1. The van der Waals surface area contributed by atoms with Crippen molar-refractivity contribution in [3.8, 4) is 6.07 Å². The van der Waals surface area contributed by atoms with Crippen LogP contribution in [0, 0.1) is 17.2 Å². The lowest BCUT2D eigenvalue weighted by atomic mass is 10.0. The number of carbonyl (C=O) groups excluding carboxylic acids is 1. The quantitative estimate of drug-likeness (QED) is 0.747. The van der Waals surface area contributed by atoms with E-state index in [2.05, 4.69) is 24.9 Å². The first kappa shape index (κ1) is 13.2. The average Bonchev–Trinajstić information content (AvgIpc) is 2.29. The van der Waals surface area contributed by atoms with Gasteiger partial charge in [0.2, 0.25) is 0 Å². The number of hydrogen-bond acceptors (Lipinski definition) is 4. The smallest absolute Gasteiger partial charge is 0.339 e. The van der Waals surface area contributed by atoms with Crippen molar-refractivity contribution in [2.75, 3.05) is 6.61 Å². The van der Waals surface area contributed by atoms with Crippen molar-refractivity contribution in [1.29, 1.82) is 5.26 Å². The van der Waals surface area contributed by atoms with Crippen molar-refractivity contribution in [1.82, 2.24) is 4.98 Å². The maximum absolute atomic E-state index is 11.5. The number of carbonyl (C=O) groups is 1. The van der Waals surface area contributed by atoms with Crippen molar-refractivity contribution in [3.05, 3.63) is 29.1 Å². The molecule has 0 saturated heterocycles. The molecule has 0 N–H and O–H groups in total. The molecule has 0 aliphatic heterocycles. The molecule has 1 aromatic rings. The molecule has 0 aliphatic rings. The summed E-state index contributed by atoms with van der Waals surface area (Å²) in [7, 11) is 0. The Hall–Kier alpha value is -1.89. The lowest BCUT2D eigenvalue weighted by Crippen LogP contribution is -2.08. The summed E-state index contributed by atoms with van der Waals surface area (Å²) in [5, 5.41) is 9.03. The molecule has 4 heteroatoms. The number of ether oxygens (including phenoxy) is 1. The third kappa shape index (κ3) is 3.56. The highest BCUT2D eigenvalue weighted by atomic mass is 16.5. The van der Waals surface area contributed by atoms with E-state index >= 15 is 0 Å². The van der Waals surface area contributed by atoms with Crippen molar-refractivity contribution >= 4 is 5.97 Å². The van der Waals surface area contributed by atoms with Gasteiger partial charge in [-0.3, -0.25) is 4.98 Å². The Balaban J connectivity index is 3.01. The van der Waals surface area contributed by atoms with Gasteiger partial charge in [0.05, 0.1) is 23.4 Å². The Morgan fingerprint density at radius 2 is 2.29 bits per heavy atom. The maximum Gasteiger partial charge on any atom is 0.339 e. The van der Waals surface area contributed by atoms with E-state index < -0.39 is 5.97 Å². The number of aromatic nitrogens is 1. The molecule has 0 aromatic carbocycles. The molecule has 0 saturated carbocycles. The maximum atomic E-state index is 11.5. The summed E-state index contributed by atoms with van der Waals surface area (Å²) in [5.41, 5.74) is 1.51. The molecule has 0 amide bonds. The van der Waals surface area contributed by atoms with Crippen LogP contribution in [-0.2, 0) is 11.2 Å². The highest BCUT2D eigenvalue weighted by Crippen LogP contribution is 2.13. The van der Waals surface area contributed by atoms with Gasteiger partial charge in [-0.15, -0.1) is 0 Å². The lowest BCUT2D eigenvalue weighted by Gasteiger charge is -2.07. The molecule has 4 nitrogen and oxygen atoms in total. The number of rotatable bonds is 4. The van der Waals surface area contributed by atoms with Crippen molar-refractivity contribution in [2.45, 2.75) is 27.2 Å². The number of nitrogens with zero attached hydrogens (tertiary/aromatic N) is 2. The minimum absolute atomic E-state index is 0.314. The molecule has 17 heavy (non-hydrogen) atoms. The Bertz CT molecular complexity index is 447. The van der Waals surface area contributed by atoms with E-state index in [0.29, 0.717) is 23.7 Å². The van der Waals surface area contributed by atoms with E-state index in [9.17, 15) is 4.79 Å². The van der Waals surface area contributed by atoms with Crippen LogP contribution in [0.4, 0.5) is 0 Å². The molecule has 0 aliphatic carbocycles. The molecular weight excluding hydrogens is 216 g/mol. The van der Waals surface area contributed by atoms with Gasteiger partial charge in [0.25, 0.3) is 0 Å². The molecule has 0 atom stereocenters. The van der Waals surface area contributed by atoms with E-state index in [-0.39, 0.29) is 0 Å². The number of nitriles is 1. The van der Waals surface area contributed by atoms with Crippen LogP contribution in [0.3, 0.4) is 0 Å². The second-order valence-corrected chi connectivity index (χ2v) is 4.15. The van der Waals surface area contributed by atoms with Crippen LogP contribution >= 0.6 is 0 Å². The second kappa shape index (κ2) is 6.00. The van der Waals surface area contributed by atoms with Gasteiger partial charge in [0.15, 0.2) is 0 Å². The summed E-state index contributed by atoms with van der Waals surface area (Å²) in [6.45, 7) is 6.17. The summed E-state index contributed by atoms with van der Waals surface area (Å²) in [6.07, 6.45) is 2.20. The molecule has 90 valence electrons. The van der Waals surface area contributed by atoms with Crippen LogP contribution in [0.1, 0.15) is 42.4 Å². The summed E-state index contributed by atoms with van der Waals surface area (Å²) in [4.78, 5) is 15.6. The lowest BCUT2D eigenvalue weighted by molar-refractivity contribution is 0.0526. The predicted molar refractivity (Wildman–Crippen MR) is 63.5 cm³/mol. The third-order valence-corrected chi connectivity index (χ3v) is 2.20. The average molecular weight is 232 g/mol. The van der Waals surface area contributed by atoms with E-state index in [4.69, 9.17) is 10.00 Å². The summed E-state index contributed by atoms with van der Waals surface area (Å²) in [6, 6.07) is 3.61. The SMILES string of the molecule is CCOC(=O)c1cnc(CC(C)C)c(C#N)c1. The fraction of sp³-hybridized carbons (Fsp3) is 0.462. The van der Waals surface area contributed by atoms with Gasteiger partial charge in [0, 0.05) is 6.20 Å². The molecule has 0 radical (unpaired) electrons. The van der Waals surface area contributed by atoms with Gasteiger partial charge < -0.3 is 4.74 Å². The highest BCUT2D eigenvalue weighted by molar-refractivity contribution is 5.89.